The fraction of sp³-hybridized carbons (Fsp3) is 0.476. The van der Waals surface area contributed by atoms with E-state index in [0.29, 0.717) is 24.5 Å². The van der Waals surface area contributed by atoms with Crippen LogP contribution in [0.4, 0.5) is 4.79 Å². The Hall–Kier alpha value is -3.23. The van der Waals surface area contributed by atoms with E-state index < -0.39 is 18.1 Å². The number of fused-ring (bicyclic) bond motifs is 2. The summed E-state index contributed by atoms with van der Waals surface area (Å²) in [6.45, 7) is 4.55. The Morgan fingerprint density at radius 3 is 2.93 bits per heavy atom. The quantitative estimate of drug-likeness (QED) is 0.728. The molecule has 160 valence electrons. The molecule has 0 bridgehead atoms. The molecular formula is C21H26N4O5. The standard InChI is InChI=1S/C21H26N4O5/c1-4-12(2)17(20(26)28-3)24-21(27)25-8-7-14-18(23-10-22-14)19(25)13-5-6-15-16(9-13)30-11-29-15/h5-6,9-10,12,17,19H,4,7-8,11H2,1-3H3,(H,22,23)(H,24,27)/t12-,17-,19-/m0/s1. The molecule has 30 heavy (non-hydrogen) atoms. The Morgan fingerprint density at radius 1 is 1.37 bits per heavy atom. The summed E-state index contributed by atoms with van der Waals surface area (Å²) >= 11 is 0. The monoisotopic (exact) mass is 414 g/mol. The molecule has 0 saturated carbocycles. The van der Waals surface area contributed by atoms with Gasteiger partial charge in [0.15, 0.2) is 11.5 Å². The van der Waals surface area contributed by atoms with Crippen molar-refractivity contribution in [3.8, 4) is 11.5 Å². The molecule has 9 nitrogen and oxygen atoms in total. The number of H-pyrrole nitrogens is 1. The van der Waals surface area contributed by atoms with Gasteiger partial charge < -0.3 is 29.4 Å². The van der Waals surface area contributed by atoms with Crippen LogP contribution in [0.1, 0.15) is 43.3 Å². The van der Waals surface area contributed by atoms with Gasteiger partial charge in [0.05, 0.1) is 19.1 Å². The third-order valence-electron chi connectivity index (χ3n) is 5.85. The number of nitrogens with zero attached hydrogens (tertiary/aromatic N) is 2. The number of aromatic nitrogens is 2. The van der Waals surface area contributed by atoms with Crippen LogP contribution in [0.2, 0.25) is 0 Å². The average Bonchev–Trinajstić information content (AvgIpc) is 3.44. The lowest BCUT2D eigenvalue weighted by molar-refractivity contribution is -0.144. The van der Waals surface area contributed by atoms with Crippen molar-refractivity contribution in [3.63, 3.8) is 0 Å². The number of aromatic amines is 1. The molecule has 4 rings (SSSR count). The first-order valence-electron chi connectivity index (χ1n) is 10.1. The molecule has 0 fully saturated rings. The summed E-state index contributed by atoms with van der Waals surface area (Å²) in [5, 5.41) is 2.88. The number of hydrogen-bond donors (Lipinski definition) is 2. The number of rotatable bonds is 5. The molecule has 2 aromatic rings. The third-order valence-corrected chi connectivity index (χ3v) is 5.85. The Balaban J connectivity index is 1.66. The van der Waals surface area contributed by atoms with Crippen molar-refractivity contribution in [2.75, 3.05) is 20.4 Å². The van der Waals surface area contributed by atoms with Crippen molar-refractivity contribution in [2.45, 2.75) is 38.8 Å². The lowest BCUT2D eigenvalue weighted by Gasteiger charge is -2.36. The molecule has 9 heteroatoms. The van der Waals surface area contributed by atoms with Gasteiger partial charge >= 0.3 is 12.0 Å². The Kier molecular flexibility index (Phi) is 5.52. The molecule has 2 aliphatic heterocycles. The molecule has 0 radical (unpaired) electrons. The minimum absolute atomic E-state index is 0.0591. The van der Waals surface area contributed by atoms with Crippen molar-refractivity contribution >= 4 is 12.0 Å². The number of nitrogens with one attached hydrogen (secondary N) is 2. The minimum Gasteiger partial charge on any atom is -0.467 e. The van der Waals surface area contributed by atoms with E-state index in [9.17, 15) is 9.59 Å². The van der Waals surface area contributed by atoms with Gasteiger partial charge in [0.25, 0.3) is 0 Å². The number of carbonyl (C=O) groups is 2. The van der Waals surface area contributed by atoms with Crippen LogP contribution in [0, 0.1) is 5.92 Å². The molecule has 2 N–H and O–H groups in total. The number of urea groups is 1. The van der Waals surface area contributed by atoms with E-state index in [1.54, 1.807) is 11.2 Å². The maximum absolute atomic E-state index is 13.3. The van der Waals surface area contributed by atoms with Crippen molar-refractivity contribution in [1.29, 1.82) is 0 Å². The maximum Gasteiger partial charge on any atom is 0.328 e. The smallest absolute Gasteiger partial charge is 0.328 e. The summed E-state index contributed by atoms with van der Waals surface area (Å²) in [6.07, 6.45) is 3.02. The lowest BCUT2D eigenvalue weighted by Crippen LogP contribution is -2.53. The molecule has 2 aliphatic rings. The number of imidazole rings is 1. The van der Waals surface area contributed by atoms with Crippen LogP contribution < -0.4 is 14.8 Å². The first kappa shape index (κ1) is 20.1. The first-order valence-corrected chi connectivity index (χ1v) is 10.1. The van der Waals surface area contributed by atoms with Gasteiger partial charge in [-0.15, -0.1) is 0 Å². The number of methoxy groups -OCH3 is 1. The first-order chi connectivity index (χ1) is 14.5. The largest absolute Gasteiger partial charge is 0.467 e. The highest BCUT2D eigenvalue weighted by Crippen LogP contribution is 2.39. The molecule has 1 aromatic heterocycles. The zero-order valence-corrected chi connectivity index (χ0v) is 17.3. The second-order valence-electron chi connectivity index (χ2n) is 7.56. The molecule has 0 unspecified atom stereocenters. The van der Waals surface area contributed by atoms with Gasteiger partial charge in [-0.05, 0) is 23.6 Å². The van der Waals surface area contributed by atoms with E-state index in [1.165, 1.54) is 7.11 Å². The van der Waals surface area contributed by atoms with E-state index in [1.807, 2.05) is 32.0 Å². The van der Waals surface area contributed by atoms with Gasteiger partial charge in [0.2, 0.25) is 6.79 Å². The van der Waals surface area contributed by atoms with E-state index in [2.05, 4.69) is 15.3 Å². The number of esters is 1. The summed E-state index contributed by atoms with van der Waals surface area (Å²) in [7, 11) is 1.33. The Morgan fingerprint density at radius 2 is 2.17 bits per heavy atom. The molecule has 0 saturated heterocycles. The molecule has 3 atom stereocenters. The zero-order chi connectivity index (χ0) is 21.3. The second kappa shape index (κ2) is 8.25. The number of ether oxygens (including phenoxy) is 3. The van der Waals surface area contributed by atoms with Gasteiger partial charge in [0, 0.05) is 18.7 Å². The van der Waals surface area contributed by atoms with Gasteiger partial charge in [-0.1, -0.05) is 26.3 Å². The number of hydrogen-bond acceptors (Lipinski definition) is 6. The average molecular weight is 414 g/mol. The highest BCUT2D eigenvalue weighted by Gasteiger charge is 2.37. The third kappa shape index (κ3) is 3.55. The lowest BCUT2D eigenvalue weighted by atomic mass is 9.95. The van der Waals surface area contributed by atoms with E-state index in [-0.39, 0.29) is 18.7 Å². The maximum atomic E-state index is 13.3. The fourth-order valence-electron chi connectivity index (χ4n) is 3.93. The summed E-state index contributed by atoms with van der Waals surface area (Å²) < 4.78 is 15.8. The van der Waals surface area contributed by atoms with Crippen LogP contribution >= 0.6 is 0 Å². The van der Waals surface area contributed by atoms with Crippen LogP contribution in [0.15, 0.2) is 24.5 Å². The normalized spacial score (nSPS) is 19.0. The number of amides is 2. The fourth-order valence-corrected chi connectivity index (χ4v) is 3.93. The predicted molar refractivity (Wildman–Crippen MR) is 107 cm³/mol. The highest BCUT2D eigenvalue weighted by atomic mass is 16.7. The highest BCUT2D eigenvalue weighted by molar-refractivity contribution is 5.84. The van der Waals surface area contributed by atoms with Crippen LogP contribution in [-0.2, 0) is 16.0 Å². The van der Waals surface area contributed by atoms with Crippen molar-refractivity contribution in [2.24, 2.45) is 5.92 Å². The Bertz CT molecular complexity index is 943. The zero-order valence-electron chi connectivity index (χ0n) is 17.3. The second-order valence-corrected chi connectivity index (χ2v) is 7.56. The van der Waals surface area contributed by atoms with Gasteiger partial charge in [-0.2, -0.15) is 0 Å². The van der Waals surface area contributed by atoms with Gasteiger partial charge in [-0.3, -0.25) is 0 Å². The van der Waals surface area contributed by atoms with E-state index in [0.717, 1.165) is 23.4 Å². The summed E-state index contributed by atoms with van der Waals surface area (Å²) in [5.41, 5.74) is 2.64. The molecule has 0 spiro atoms. The van der Waals surface area contributed by atoms with Gasteiger partial charge in [-0.25, -0.2) is 14.6 Å². The SMILES string of the molecule is CC[C@H](C)[C@H](NC(=O)N1CCc2[nH]cnc2[C@@H]1c1ccc2c(c1)OCO2)C(=O)OC. The molecule has 3 heterocycles. The van der Waals surface area contributed by atoms with Crippen LogP contribution in [0.5, 0.6) is 11.5 Å². The molecular weight excluding hydrogens is 388 g/mol. The van der Waals surface area contributed by atoms with E-state index in [4.69, 9.17) is 14.2 Å². The summed E-state index contributed by atoms with van der Waals surface area (Å²) in [6, 6.07) is 4.17. The number of carbonyl (C=O) groups excluding carboxylic acids is 2. The Labute approximate surface area is 174 Å². The topological polar surface area (TPSA) is 106 Å². The van der Waals surface area contributed by atoms with Crippen molar-refractivity contribution in [1.82, 2.24) is 20.2 Å². The van der Waals surface area contributed by atoms with E-state index >= 15 is 0 Å². The van der Waals surface area contributed by atoms with Crippen LogP contribution in [0.25, 0.3) is 0 Å². The predicted octanol–water partition coefficient (Wildman–Crippen LogP) is 2.38. The molecule has 0 aliphatic carbocycles. The van der Waals surface area contributed by atoms with Crippen molar-refractivity contribution in [3.05, 3.63) is 41.5 Å². The van der Waals surface area contributed by atoms with Crippen LogP contribution in [-0.4, -0.2) is 53.4 Å². The number of benzene rings is 1. The molecule has 1 aromatic carbocycles. The summed E-state index contributed by atoms with van der Waals surface area (Å²) in [4.78, 5) is 34.9. The summed E-state index contributed by atoms with van der Waals surface area (Å²) in [5.74, 6) is 0.809. The van der Waals surface area contributed by atoms with Gasteiger partial charge in [0.1, 0.15) is 12.1 Å². The van der Waals surface area contributed by atoms with Crippen molar-refractivity contribution < 1.29 is 23.8 Å². The van der Waals surface area contributed by atoms with Crippen LogP contribution in [0.3, 0.4) is 0 Å². The molecule has 2 amide bonds. The minimum atomic E-state index is -0.717.